The summed E-state index contributed by atoms with van der Waals surface area (Å²) < 4.78 is 1.94. The summed E-state index contributed by atoms with van der Waals surface area (Å²) in [6, 6.07) is 0.0844. The Morgan fingerprint density at radius 1 is 1.62 bits per heavy atom. The Morgan fingerprint density at radius 3 is 2.77 bits per heavy atom. The Morgan fingerprint density at radius 2 is 2.31 bits per heavy atom. The fourth-order valence-electron chi connectivity index (χ4n) is 1.53. The molecule has 0 amide bonds. The van der Waals surface area contributed by atoms with Gasteiger partial charge in [0.15, 0.2) is 0 Å². The second-order valence-electron chi connectivity index (χ2n) is 3.76. The number of aryl methyl sites for hydroxylation is 1. The smallest absolute Gasteiger partial charge is 0.0947 e. The average Bonchev–Trinajstić information content (AvgIpc) is 2.51. The van der Waals surface area contributed by atoms with Crippen molar-refractivity contribution >= 4 is 0 Å². The third-order valence-corrected chi connectivity index (χ3v) is 2.42. The Balaban J connectivity index is 2.61. The van der Waals surface area contributed by atoms with E-state index in [1.807, 2.05) is 17.8 Å². The molecular formula is C10H19N3. The van der Waals surface area contributed by atoms with Gasteiger partial charge in [-0.25, -0.2) is 4.98 Å². The van der Waals surface area contributed by atoms with E-state index >= 15 is 0 Å². The van der Waals surface area contributed by atoms with Gasteiger partial charge in [0.25, 0.3) is 0 Å². The Kier molecular flexibility index (Phi) is 3.48. The summed E-state index contributed by atoms with van der Waals surface area (Å²) in [5, 5.41) is 0. The summed E-state index contributed by atoms with van der Waals surface area (Å²) in [6.45, 7) is 4.37. The molecule has 0 aromatic carbocycles. The molecule has 0 fully saturated rings. The van der Waals surface area contributed by atoms with Crippen LogP contribution < -0.4 is 5.73 Å². The molecule has 1 aromatic rings. The van der Waals surface area contributed by atoms with Gasteiger partial charge < -0.3 is 10.3 Å². The van der Waals surface area contributed by atoms with Gasteiger partial charge in [-0.3, -0.25) is 0 Å². The molecule has 0 aliphatic carbocycles. The van der Waals surface area contributed by atoms with Gasteiger partial charge in [0, 0.05) is 13.2 Å². The van der Waals surface area contributed by atoms with Crippen LogP contribution in [0, 0.1) is 5.92 Å². The number of rotatable bonds is 4. The zero-order valence-corrected chi connectivity index (χ0v) is 8.70. The van der Waals surface area contributed by atoms with Crippen LogP contribution in [0.1, 0.15) is 38.4 Å². The molecule has 0 bridgehead atoms. The van der Waals surface area contributed by atoms with Crippen molar-refractivity contribution in [1.29, 1.82) is 0 Å². The molecule has 3 heteroatoms. The first-order valence-corrected chi connectivity index (χ1v) is 4.88. The van der Waals surface area contributed by atoms with E-state index in [2.05, 4.69) is 18.8 Å². The van der Waals surface area contributed by atoms with Crippen molar-refractivity contribution in [2.45, 2.75) is 32.7 Å². The molecule has 1 aromatic heterocycles. The Bertz CT molecular complexity index is 254. The monoisotopic (exact) mass is 181 g/mol. The highest BCUT2D eigenvalue weighted by atomic mass is 15.0. The molecule has 74 valence electrons. The van der Waals surface area contributed by atoms with Gasteiger partial charge in [0.05, 0.1) is 18.1 Å². The number of imidazole rings is 1. The van der Waals surface area contributed by atoms with Gasteiger partial charge in [-0.05, 0) is 12.3 Å². The molecule has 2 N–H and O–H groups in total. The predicted molar refractivity (Wildman–Crippen MR) is 54.2 cm³/mol. The van der Waals surface area contributed by atoms with E-state index in [0.29, 0.717) is 5.92 Å². The fraction of sp³-hybridized carbons (Fsp3) is 0.700. The van der Waals surface area contributed by atoms with Crippen LogP contribution in [0.2, 0.25) is 0 Å². The summed E-state index contributed by atoms with van der Waals surface area (Å²) >= 11 is 0. The number of hydrogen-bond acceptors (Lipinski definition) is 2. The summed E-state index contributed by atoms with van der Waals surface area (Å²) in [7, 11) is 1.97. The van der Waals surface area contributed by atoms with E-state index in [0.717, 1.165) is 12.1 Å². The maximum Gasteiger partial charge on any atom is 0.0947 e. The Hall–Kier alpha value is -0.830. The van der Waals surface area contributed by atoms with Crippen LogP contribution in [0.4, 0.5) is 0 Å². The number of hydrogen-bond donors (Lipinski definition) is 1. The van der Waals surface area contributed by atoms with Crippen LogP contribution in [0.25, 0.3) is 0 Å². The molecule has 3 nitrogen and oxygen atoms in total. The zero-order valence-electron chi connectivity index (χ0n) is 8.70. The molecule has 1 heterocycles. The molecule has 0 radical (unpaired) electrons. The third kappa shape index (κ3) is 2.56. The molecule has 1 rings (SSSR count). The molecule has 0 aliphatic heterocycles. The highest BCUT2D eigenvalue weighted by Gasteiger charge is 2.15. The standard InChI is InChI=1S/C10H19N3/c1-4-5-8(2)10(11)9-6-13(3)7-12-9/h6-8,10H,4-5,11H2,1-3H3. The lowest BCUT2D eigenvalue weighted by Crippen LogP contribution is -2.19. The highest BCUT2D eigenvalue weighted by molar-refractivity contribution is 5.03. The quantitative estimate of drug-likeness (QED) is 0.770. The van der Waals surface area contributed by atoms with Gasteiger partial charge in [-0.1, -0.05) is 20.3 Å². The van der Waals surface area contributed by atoms with Crippen LogP contribution in [-0.4, -0.2) is 9.55 Å². The molecule has 0 aliphatic rings. The van der Waals surface area contributed by atoms with Crippen molar-refractivity contribution in [3.05, 3.63) is 18.2 Å². The van der Waals surface area contributed by atoms with E-state index in [1.165, 1.54) is 6.42 Å². The lowest BCUT2D eigenvalue weighted by atomic mass is 9.96. The van der Waals surface area contributed by atoms with Crippen LogP contribution in [-0.2, 0) is 7.05 Å². The van der Waals surface area contributed by atoms with E-state index in [1.54, 1.807) is 6.33 Å². The number of nitrogens with two attached hydrogens (primary N) is 1. The number of nitrogens with zero attached hydrogens (tertiary/aromatic N) is 2. The first-order chi connectivity index (χ1) is 6.15. The molecule has 0 saturated carbocycles. The molecule has 2 unspecified atom stereocenters. The summed E-state index contributed by atoms with van der Waals surface area (Å²) in [5.74, 6) is 0.514. The topological polar surface area (TPSA) is 43.8 Å². The van der Waals surface area contributed by atoms with E-state index in [-0.39, 0.29) is 6.04 Å². The van der Waals surface area contributed by atoms with Crippen LogP contribution in [0.15, 0.2) is 12.5 Å². The Labute approximate surface area is 80.0 Å². The maximum absolute atomic E-state index is 6.06. The minimum Gasteiger partial charge on any atom is -0.340 e. The highest BCUT2D eigenvalue weighted by Crippen LogP contribution is 2.21. The minimum absolute atomic E-state index is 0.0844. The van der Waals surface area contributed by atoms with Crippen molar-refractivity contribution in [3.8, 4) is 0 Å². The summed E-state index contributed by atoms with van der Waals surface area (Å²) in [4.78, 5) is 4.26. The molecule has 0 spiro atoms. The van der Waals surface area contributed by atoms with E-state index in [9.17, 15) is 0 Å². The van der Waals surface area contributed by atoms with Crippen LogP contribution >= 0.6 is 0 Å². The second kappa shape index (κ2) is 4.42. The SMILES string of the molecule is CCCC(C)C(N)c1cn(C)cn1. The average molecular weight is 181 g/mol. The molecule has 13 heavy (non-hydrogen) atoms. The lowest BCUT2D eigenvalue weighted by molar-refractivity contribution is 0.427. The fourth-order valence-corrected chi connectivity index (χ4v) is 1.53. The summed E-state index contributed by atoms with van der Waals surface area (Å²) in [6.07, 6.45) is 6.14. The first kappa shape index (κ1) is 10.3. The van der Waals surface area contributed by atoms with Gasteiger partial charge in [-0.15, -0.1) is 0 Å². The zero-order chi connectivity index (χ0) is 9.84. The minimum atomic E-state index is 0.0844. The summed E-state index contributed by atoms with van der Waals surface area (Å²) in [5.41, 5.74) is 7.07. The van der Waals surface area contributed by atoms with Crippen molar-refractivity contribution in [3.63, 3.8) is 0 Å². The molecular weight excluding hydrogens is 162 g/mol. The lowest BCUT2D eigenvalue weighted by Gasteiger charge is -2.16. The van der Waals surface area contributed by atoms with Gasteiger partial charge in [0.2, 0.25) is 0 Å². The second-order valence-corrected chi connectivity index (χ2v) is 3.76. The van der Waals surface area contributed by atoms with E-state index in [4.69, 9.17) is 5.73 Å². The normalized spacial score (nSPS) is 15.7. The molecule has 0 saturated heterocycles. The van der Waals surface area contributed by atoms with E-state index < -0.39 is 0 Å². The first-order valence-electron chi connectivity index (χ1n) is 4.88. The van der Waals surface area contributed by atoms with Crippen molar-refractivity contribution in [2.24, 2.45) is 18.7 Å². The third-order valence-electron chi connectivity index (χ3n) is 2.42. The van der Waals surface area contributed by atoms with Crippen molar-refractivity contribution in [1.82, 2.24) is 9.55 Å². The molecule has 2 atom stereocenters. The predicted octanol–water partition coefficient (Wildman–Crippen LogP) is 1.86. The maximum atomic E-state index is 6.06. The van der Waals surface area contributed by atoms with Gasteiger partial charge in [0.1, 0.15) is 0 Å². The van der Waals surface area contributed by atoms with Gasteiger partial charge >= 0.3 is 0 Å². The number of aromatic nitrogens is 2. The van der Waals surface area contributed by atoms with Crippen molar-refractivity contribution in [2.75, 3.05) is 0 Å². The van der Waals surface area contributed by atoms with Crippen LogP contribution in [0.3, 0.4) is 0 Å². The van der Waals surface area contributed by atoms with Gasteiger partial charge in [-0.2, -0.15) is 0 Å². The van der Waals surface area contributed by atoms with Crippen LogP contribution in [0.5, 0.6) is 0 Å². The largest absolute Gasteiger partial charge is 0.340 e. The van der Waals surface area contributed by atoms with Crippen molar-refractivity contribution < 1.29 is 0 Å².